The number of rotatable bonds is 11. The van der Waals surface area contributed by atoms with E-state index in [-0.39, 0.29) is 17.7 Å². The first kappa shape index (κ1) is 28.9. The van der Waals surface area contributed by atoms with Crippen molar-refractivity contribution >= 4 is 34.0 Å². The molecule has 0 atom stereocenters. The maximum atomic E-state index is 15.3. The standard InChI is InChI=1S/C29H39FN8O2/c1-17(2)38-25-14-19(13-20(30)27(25)35-29(38)40-18(3)4)22-9-10-32-28(33-22)34-23-15-21(31)24(16-26(23)39-8)37(7)12-11-36(5)6/h9-10,13-18H,11-12,31H2,1-8H3,(H,32,33,34). The van der Waals surface area contributed by atoms with Crippen molar-refractivity contribution in [3.8, 4) is 23.0 Å². The van der Waals surface area contributed by atoms with Gasteiger partial charge in [0.15, 0.2) is 5.82 Å². The molecule has 0 aliphatic rings. The van der Waals surface area contributed by atoms with Gasteiger partial charge in [0.2, 0.25) is 5.95 Å². The molecule has 0 radical (unpaired) electrons. The third-order valence-electron chi connectivity index (χ3n) is 6.41. The van der Waals surface area contributed by atoms with Crippen molar-refractivity contribution in [3.05, 3.63) is 42.3 Å². The van der Waals surface area contributed by atoms with Gasteiger partial charge in [-0.05, 0) is 66.1 Å². The number of nitrogen functional groups attached to an aromatic ring is 1. The zero-order chi connectivity index (χ0) is 29.1. The molecule has 11 heteroatoms. The molecule has 0 bridgehead atoms. The number of nitrogens with one attached hydrogen (secondary N) is 1. The number of benzene rings is 2. The Morgan fingerprint density at radius 3 is 2.45 bits per heavy atom. The quantitative estimate of drug-likeness (QED) is 0.240. The number of hydrogen-bond acceptors (Lipinski definition) is 9. The molecule has 0 saturated carbocycles. The van der Waals surface area contributed by atoms with Crippen molar-refractivity contribution in [1.82, 2.24) is 24.4 Å². The highest BCUT2D eigenvalue weighted by Gasteiger charge is 2.20. The first-order chi connectivity index (χ1) is 19.0. The second-order valence-electron chi connectivity index (χ2n) is 10.6. The van der Waals surface area contributed by atoms with E-state index in [2.05, 4.69) is 30.1 Å². The number of nitrogens with two attached hydrogens (primary N) is 1. The Morgan fingerprint density at radius 2 is 1.80 bits per heavy atom. The second kappa shape index (κ2) is 12.0. The Balaban J connectivity index is 1.68. The number of fused-ring (bicyclic) bond motifs is 1. The Hall–Kier alpha value is -4.12. The Kier molecular flexibility index (Phi) is 8.63. The smallest absolute Gasteiger partial charge is 0.297 e. The molecule has 4 rings (SSSR count). The number of aromatic nitrogens is 4. The molecule has 2 aromatic heterocycles. The van der Waals surface area contributed by atoms with Crippen LogP contribution in [-0.4, -0.2) is 71.9 Å². The Morgan fingerprint density at radius 1 is 1.05 bits per heavy atom. The van der Waals surface area contributed by atoms with Crippen LogP contribution >= 0.6 is 0 Å². The minimum atomic E-state index is -0.447. The van der Waals surface area contributed by atoms with Crippen LogP contribution in [0.5, 0.6) is 11.8 Å². The highest BCUT2D eigenvalue weighted by molar-refractivity contribution is 5.84. The van der Waals surface area contributed by atoms with E-state index in [4.69, 9.17) is 15.2 Å². The van der Waals surface area contributed by atoms with Crippen LogP contribution in [0.15, 0.2) is 36.5 Å². The largest absolute Gasteiger partial charge is 0.494 e. The summed E-state index contributed by atoms with van der Waals surface area (Å²) in [6.07, 6.45) is 1.53. The van der Waals surface area contributed by atoms with E-state index in [0.29, 0.717) is 45.9 Å². The van der Waals surface area contributed by atoms with Crippen molar-refractivity contribution in [3.63, 3.8) is 0 Å². The van der Waals surface area contributed by atoms with Crippen molar-refractivity contribution < 1.29 is 13.9 Å². The summed E-state index contributed by atoms with van der Waals surface area (Å²) in [6, 6.07) is 9.15. The van der Waals surface area contributed by atoms with E-state index in [9.17, 15) is 0 Å². The van der Waals surface area contributed by atoms with Crippen LogP contribution in [0.2, 0.25) is 0 Å². The van der Waals surface area contributed by atoms with Crippen molar-refractivity contribution in [2.75, 3.05) is 57.3 Å². The lowest BCUT2D eigenvalue weighted by atomic mass is 10.1. The van der Waals surface area contributed by atoms with Crippen molar-refractivity contribution in [2.24, 2.45) is 0 Å². The number of halogens is 1. The van der Waals surface area contributed by atoms with E-state index in [0.717, 1.165) is 18.8 Å². The van der Waals surface area contributed by atoms with Crippen LogP contribution in [0.3, 0.4) is 0 Å². The monoisotopic (exact) mass is 550 g/mol. The summed E-state index contributed by atoms with van der Waals surface area (Å²) in [7, 11) is 7.66. The molecule has 0 aliphatic carbocycles. The maximum absolute atomic E-state index is 15.3. The molecule has 0 fully saturated rings. The van der Waals surface area contributed by atoms with Gasteiger partial charge in [-0.15, -0.1) is 0 Å². The lowest BCUT2D eigenvalue weighted by Gasteiger charge is -2.24. The van der Waals surface area contributed by atoms with Crippen LogP contribution in [0.4, 0.5) is 27.4 Å². The summed E-state index contributed by atoms with van der Waals surface area (Å²) in [5.41, 5.74) is 10.5. The van der Waals surface area contributed by atoms with Crippen LogP contribution in [0.25, 0.3) is 22.3 Å². The molecule has 0 unspecified atom stereocenters. The van der Waals surface area contributed by atoms with E-state index in [1.807, 2.05) is 65.5 Å². The molecule has 2 heterocycles. The average Bonchev–Trinajstić information content (AvgIpc) is 3.25. The van der Waals surface area contributed by atoms with Crippen LogP contribution < -0.4 is 25.4 Å². The summed E-state index contributed by atoms with van der Waals surface area (Å²) in [5.74, 6) is 0.476. The van der Waals surface area contributed by atoms with Crippen molar-refractivity contribution in [1.29, 1.82) is 0 Å². The second-order valence-corrected chi connectivity index (χ2v) is 10.6. The highest BCUT2D eigenvalue weighted by Crippen LogP contribution is 2.37. The van der Waals surface area contributed by atoms with E-state index < -0.39 is 5.82 Å². The van der Waals surface area contributed by atoms with Gasteiger partial charge in [-0.1, -0.05) is 0 Å². The van der Waals surface area contributed by atoms with Gasteiger partial charge >= 0.3 is 0 Å². The van der Waals surface area contributed by atoms with Gasteiger partial charge in [0, 0.05) is 44.0 Å². The van der Waals surface area contributed by atoms with E-state index >= 15 is 4.39 Å². The molecule has 10 nitrogen and oxygen atoms in total. The number of nitrogens with zero attached hydrogens (tertiary/aromatic N) is 6. The fourth-order valence-electron chi connectivity index (χ4n) is 4.43. The Labute approximate surface area is 234 Å². The molecule has 0 amide bonds. The summed E-state index contributed by atoms with van der Waals surface area (Å²) >= 11 is 0. The normalized spacial score (nSPS) is 11.6. The molecule has 4 aromatic rings. The fourth-order valence-corrected chi connectivity index (χ4v) is 4.43. The average molecular weight is 551 g/mol. The maximum Gasteiger partial charge on any atom is 0.297 e. The zero-order valence-electron chi connectivity index (χ0n) is 24.5. The van der Waals surface area contributed by atoms with Gasteiger partial charge in [-0.2, -0.15) is 4.98 Å². The highest BCUT2D eigenvalue weighted by atomic mass is 19.1. The molecule has 214 valence electrons. The predicted octanol–water partition coefficient (Wildman–Crippen LogP) is 5.33. The predicted molar refractivity (Wildman–Crippen MR) is 159 cm³/mol. The lowest BCUT2D eigenvalue weighted by molar-refractivity contribution is 0.210. The van der Waals surface area contributed by atoms with Gasteiger partial charge < -0.3 is 30.3 Å². The number of anilines is 4. The number of imidazole rings is 1. The summed E-state index contributed by atoms with van der Waals surface area (Å²) in [6.45, 7) is 9.54. The number of ether oxygens (including phenoxy) is 2. The molecular weight excluding hydrogens is 511 g/mol. The minimum Gasteiger partial charge on any atom is -0.494 e. The fraction of sp³-hybridized carbons (Fsp3) is 0.414. The van der Waals surface area contributed by atoms with Crippen LogP contribution in [-0.2, 0) is 0 Å². The Bertz CT molecular complexity index is 1480. The van der Waals surface area contributed by atoms with Gasteiger partial charge in [-0.3, -0.25) is 4.57 Å². The van der Waals surface area contributed by atoms with Gasteiger partial charge in [0.25, 0.3) is 6.01 Å². The molecule has 0 spiro atoms. The molecule has 0 saturated heterocycles. The molecule has 2 aromatic carbocycles. The summed E-state index contributed by atoms with van der Waals surface area (Å²) < 4.78 is 28.7. The molecular formula is C29H39FN8O2. The first-order valence-corrected chi connectivity index (χ1v) is 13.3. The zero-order valence-corrected chi connectivity index (χ0v) is 24.5. The van der Waals surface area contributed by atoms with Gasteiger partial charge in [0.05, 0.1) is 41.5 Å². The summed E-state index contributed by atoms with van der Waals surface area (Å²) in [4.78, 5) is 17.7. The van der Waals surface area contributed by atoms with E-state index in [1.54, 1.807) is 25.4 Å². The van der Waals surface area contributed by atoms with Crippen molar-refractivity contribution in [2.45, 2.75) is 39.8 Å². The molecule has 40 heavy (non-hydrogen) atoms. The van der Waals surface area contributed by atoms with Crippen LogP contribution in [0.1, 0.15) is 33.7 Å². The number of hydrogen-bond donors (Lipinski definition) is 2. The third-order valence-corrected chi connectivity index (χ3v) is 6.41. The SMILES string of the molecule is COc1cc(N(C)CCN(C)C)c(N)cc1Nc1nccc(-c2cc(F)c3nc(OC(C)C)n(C(C)C)c3c2)n1. The number of likely N-dealkylation sites (N-methyl/N-ethyl adjacent to an activating group) is 2. The van der Waals surface area contributed by atoms with Crippen LogP contribution in [0, 0.1) is 5.82 Å². The number of methoxy groups -OCH3 is 1. The lowest BCUT2D eigenvalue weighted by Crippen LogP contribution is -2.29. The van der Waals surface area contributed by atoms with Gasteiger partial charge in [-0.25, -0.2) is 14.4 Å². The third kappa shape index (κ3) is 6.20. The molecule has 0 aliphatic heterocycles. The summed E-state index contributed by atoms with van der Waals surface area (Å²) in [5, 5.41) is 3.21. The first-order valence-electron chi connectivity index (χ1n) is 13.3. The minimum absolute atomic E-state index is 0.0128. The van der Waals surface area contributed by atoms with Gasteiger partial charge in [0.1, 0.15) is 11.3 Å². The topological polar surface area (TPSA) is 107 Å². The van der Waals surface area contributed by atoms with E-state index in [1.165, 1.54) is 6.07 Å². The molecule has 3 N–H and O–H groups in total.